The molecule has 1 aromatic carbocycles. The highest BCUT2D eigenvalue weighted by atomic mass is 16.3. The number of benzene rings is 1. The molecule has 0 aliphatic heterocycles. The SMILES string of the molecule is Cc1ccc(C)c2[nH]c(=O)c(CN(Cc3ccco3)Cc3nnnn3C3CCCCC3)cc12. The third kappa shape index (κ3) is 4.61. The zero-order chi connectivity index (χ0) is 22.8. The number of aryl methyl sites for hydroxylation is 2. The number of fused-ring (bicyclic) bond motifs is 1. The number of aromatic amines is 1. The molecule has 0 bridgehead atoms. The normalized spacial score (nSPS) is 15.0. The minimum Gasteiger partial charge on any atom is -0.468 e. The Bertz CT molecular complexity index is 1280. The van der Waals surface area contributed by atoms with Crippen molar-refractivity contribution in [3.63, 3.8) is 0 Å². The highest BCUT2D eigenvalue weighted by molar-refractivity contribution is 5.85. The van der Waals surface area contributed by atoms with E-state index in [1.165, 1.54) is 19.3 Å². The van der Waals surface area contributed by atoms with Gasteiger partial charge in [0.15, 0.2) is 5.82 Å². The van der Waals surface area contributed by atoms with Gasteiger partial charge in [-0.2, -0.15) is 0 Å². The predicted molar refractivity (Wildman–Crippen MR) is 126 cm³/mol. The molecule has 0 radical (unpaired) electrons. The van der Waals surface area contributed by atoms with E-state index in [9.17, 15) is 4.79 Å². The van der Waals surface area contributed by atoms with E-state index in [2.05, 4.69) is 38.4 Å². The first-order valence-electron chi connectivity index (χ1n) is 11.7. The summed E-state index contributed by atoms with van der Waals surface area (Å²) in [4.78, 5) is 18.3. The molecule has 0 atom stereocenters. The molecule has 1 fully saturated rings. The highest BCUT2D eigenvalue weighted by Gasteiger charge is 2.22. The number of H-pyrrole nitrogens is 1. The van der Waals surface area contributed by atoms with Crippen LogP contribution in [0.25, 0.3) is 10.9 Å². The summed E-state index contributed by atoms with van der Waals surface area (Å²) < 4.78 is 7.61. The van der Waals surface area contributed by atoms with Gasteiger partial charge in [0.1, 0.15) is 5.76 Å². The van der Waals surface area contributed by atoms with Crippen LogP contribution in [0.1, 0.15) is 66.4 Å². The van der Waals surface area contributed by atoms with Gasteiger partial charge in [0, 0.05) is 17.5 Å². The first-order valence-corrected chi connectivity index (χ1v) is 11.7. The van der Waals surface area contributed by atoms with Gasteiger partial charge in [-0.1, -0.05) is 31.4 Å². The Hall–Kier alpha value is -3.26. The summed E-state index contributed by atoms with van der Waals surface area (Å²) in [6, 6.07) is 10.4. The number of aromatic nitrogens is 5. The molecule has 5 rings (SSSR count). The van der Waals surface area contributed by atoms with Gasteiger partial charge in [-0.05, 0) is 66.4 Å². The van der Waals surface area contributed by atoms with E-state index in [0.717, 1.165) is 52.0 Å². The number of hydrogen-bond donors (Lipinski definition) is 1. The quantitative estimate of drug-likeness (QED) is 0.451. The number of nitrogens with one attached hydrogen (secondary N) is 1. The van der Waals surface area contributed by atoms with Crippen molar-refractivity contribution in [2.24, 2.45) is 0 Å². The minimum absolute atomic E-state index is 0.0625. The lowest BCUT2D eigenvalue weighted by atomic mass is 9.95. The van der Waals surface area contributed by atoms with Crippen LogP contribution in [0.5, 0.6) is 0 Å². The Morgan fingerprint density at radius 1 is 1.09 bits per heavy atom. The van der Waals surface area contributed by atoms with Crippen molar-refractivity contribution < 1.29 is 4.42 Å². The largest absolute Gasteiger partial charge is 0.468 e. The molecule has 1 aliphatic carbocycles. The number of furan rings is 1. The Labute approximate surface area is 192 Å². The third-order valence-electron chi connectivity index (χ3n) is 6.72. The summed E-state index contributed by atoms with van der Waals surface area (Å²) in [6.07, 6.45) is 7.60. The minimum atomic E-state index is -0.0625. The van der Waals surface area contributed by atoms with Crippen LogP contribution in [0.3, 0.4) is 0 Å². The van der Waals surface area contributed by atoms with Crippen LogP contribution in [0.15, 0.2) is 45.8 Å². The summed E-state index contributed by atoms with van der Waals surface area (Å²) in [7, 11) is 0. The predicted octanol–water partition coefficient (Wildman–Crippen LogP) is 4.43. The molecule has 0 unspecified atom stereocenters. The van der Waals surface area contributed by atoms with Crippen LogP contribution < -0.4 is 5.56 Å². The Kier molecular flexibility index (Phi) is 6.09. The van der Waals surface area contributed by atoms with Crippen LogP contribution >= 0.6 is 0 Å². The van der Waals surface area contributed by atoms with Crippen LogP contribution in [-0.2, 0) is 19.6 Å². The van der Waals surface area contributed by atoms with E-state index in [0.29, 0.717) is 25.7 Å². The van der Waals surface area contributed by atoms with E-state index in [1.54, 1.807) is 6.26 Å². The molecule has 3 aromatic heterocycles. The summed E-state index contributed by atoms with van der Waals surface area (Å²) in [5.41, 5.74) is 3.78. The first kappa shape index (κ1) is 21.6. The van der Waals surface area contributed by atoms with Crippen molar-refractivity contribution in [3.8, 4) is 0 Å². The molecule has 1 N–H and O–H groups in total. The maximum Gasteiger partial charge on any atom is 0.252 e. The van der Waals surface area contributed by atoms with Gasteiger partial charge >= 0.3 is 0 Å². The summed E-state index contributed by atoms with van der Waals surface area (Å²) in [5.74, 6) is 1.67. The van der Waals surface area contributed by atoms with Crippen molar-refractivity contribution in [2.45, 2.75) is 71.6 Å². The van der Waals surface area contributed by atoms with E-state index >= 15 is 0 Å². The third-order valence-corrected chi connectivity index (χ3v) is 6.72. The second-order valence-electron chi connectivity index (χ2n) is 9.17. The fourth-order valence-corrected chi connectivity index (χ4v) is 4.89. The van der Waals surface area contributed by atoms with Gasteiger partial charge in [-0.15, -0.1) is 5.10 Å². The van der Waals surface area contributed by atoms with E-state index in [4.69, 9.17) is 4.42 Å². The van der Waals surface area contributed by atoms with Gasteiger partial charge in [0.05, 0.1) is 30.9 Å². The zero-order valence-electron chi connectivity index (χ0n) is 19.3. The van der Waals surface area contributed by atoms with Gasteiger partial charge in [-0.25, -0.2) is 4.68 Å². The molecular weight excluding hydrogens is 416 g/mol. The maximum absolute atomic E-state index is 13.0. The van der Waals surface area contributed by atoms with E-state index < -0.39 is 0 Å². The van der Waals surface area contributed by atoms with Crippen LogP contribution in [0.2, 0.25) is 0 Å². The molecule has 172 valence electrons. The van der Waals surface area contributed by atoms with Gasteiger partial charge in [0.25, 0.3) is 5.56 Å². The van der Waals surface area contributed by atoms with Gasteiger partial charge in [-0.3, -0.25) is 9.69 Å². The summed E-state index contributed by atoms with van der Waals surface area (Å²) in [6.45, 7) is 5.66. The lowest BCUT2D eigenvalue weighted by Crippen LogP contribution is -2.29. The smallest absolute Gasteiger partial charge is 0.252 e. The van der Waals surface area contributed by atoms with Crippen molar-refractivity contribution in [1.82, 2.24) is 30.1 Å². The summed E-state index contributed by atoms with van der Waals surface area (Å²) in [5, 5.41) is 13.7. The number of nitrogens with zero attached hydrogens (tertiary/aromatic N) is 5. The summed E-state index contributed by atoms with van der Waals surface area (Å²) >= 11 is 0. The van der Waals surface area contributed by atoms with E-state index in [-0.39, 0.29) is 5.56 Å². The molecule has 0 amide bonds. The zero-order valence-corrected chi connectivity index (χ0v) is 19.3. The molecule has 1 saturated carbocycles. The molecule has 8 nitrogen and oxygen atoms in total. The average molecular weight is 447 g/mol. The lowest BCUT2D eigenvalue weighted by Gasteiger charge is -2.25. The molecule has 0 spiro atoms. The molecule has 3 heterocycles. The topological polar surface area (TPSA) is 92.8 Å². The second kappa shape index (κ2) is 9.31. The first-order chi connectivity index (χ1) is 16.1. The van der Waals surface area contributed by atoms with Gasteiger partial charge in [0.2, 0.25) is 0 Å². The number of rotatable bonds is 7. The molecule has 33 heavy (non-hydrogen) atoms. The van der Waals surface area contributed by atoms with Crippen molar-refractivity contribution in [3.05, 3.63) is 75.2 Å². The van der Waals surface area contributed by atoms with Crippen molar-refractivity contribution in [2.75, 3.05) is 0 Å². The molecular formula is C25H30N6O2. The van der Waals surface area contributed by atoms with Crippen molar-refractivity contribution >= 4 is 10.9 Å². The van der Waals surface area contributed by atoms with Crippen LogP contribution in [-0.4, -0.2) is 30.1 Å². The van der Waals surface area contributed by atoms with Crippen LogP contribution in [0, 0.1) is 13.8 Å². The fourth-order valence-electron chi connectivity index (χ4n) is 4.89. The molecule has 1 aliphatic rings. The number of hydrogen-bond acceptors (Lipinski definition) is 6. The highest BCUT2D eigenvalue weighted by Crippen LogP contribution is 2.28. The molecule has 8 heteroatoms. The van der Waals surface area contributed by atoms with Crippen LogP contribution in [0.4, 0.5) is 0 Å². The number of pyridine rings is 1. The Balaban J connectivity index is 1.46. The lowest BCUT2D eigenvalue weighted by molar-refractivity contribution is 0.209. The molecule has 0 saturated heterocycles. The maximum atomic E-state index is 13.0. The Morgan fingerprint density at radius 2 is 1.91 bits per heavy atom. The monoisotopic (exact) mass is 446 g/mol. The Morgan fingerprint density at radius 3 is 2.70 bits per heavy atom. The average Bonchev–Trinajstić information content (AvgIpc) is 3.50. The second-order valence-corrected chi connectivity index (χ2v) is 9.17. The van der Waals surface area contributed by atoms with E-state index in [1.807, 2.05) is 35.9 Å². The standard InChI is InChI=1S/C25H30N6O2/c1-17-10-11-18(2)24-22(17)13-19(25(32)26-24)14-30(15-21-9-6-12-33-21)16-23-27-28-29-31(23)20-7-4-3-5-8-20/h6,9-13,20H,3-5,7-8,14-16H2,1-2H3,(H,26,32). The fraction of sp³-hybridized carbons (Fsp3) is 0.440. The number of tetrazole rings is 1. The molecule has 4 aromatic rings. The van der Waals surface area contributed by atoms with Gasteiger partial charge < -0.3 is 9.40 Å². The van der Waals surface area contributed by atoms with Crippen molar-refractivity contribution in [1.29, 1.82) is 0 Å².